The average molecular weight is 410 g/mol. The molecule has 2 aromatic heterocycles. The lowest BCUT2D eigenvalue weighted by Crippen LogP contribution is -2.09. The van der Waals surface area contributed by atoms with Crippen molar-refractivity contribution in [2.45, 2.75) is 12.8 Å². The van der Waals surface area contributed by atoms with Crippen LogP contribution < -0.4 is 4.74 Å². The number of aromatic nitrogens is 2. The van der Waals surface area contributed by atoms with Gasteiger partial charge in [0.25, 0.3) is 0 Å². The highest BCUT2D eigenvalue weighted by Gasteiger charge is 2.43. The van der Waals surface area contributed by atoms with Gasteiger partial charge in [-0.3, -0.25) is 0 Å². The minimum Gasteiger partial charge on any atom is -0.488 e. The Morgan fingerprint density at radius 2 is 1.67 bits per heavy atom. The summed E-state index contributed by atoms with van der Waals surface area (Å²) in [4.78, 5) is 0. The second kappa shape index (κ2) is 6.62. The largest absolute Gasteiger partial charge is 0.488 e. The van der Waals surface area contributed by atoms with E-state index in [1.807, 2.05) is 6.07 Å². The van der Waals surface area contributed by atoms with E-state index in [4.69, 9.17) is 13.8 Å². The predicted molar refractivity (Wildman–Crippen MR) is 102 cm³/mol. The second-order valence-electron chi connectivity index (χ2n) is 6.69. The van der Waals surface area contributed by atoms with Crippen molar-refractivity contribution in [2.75, 3.05) is 0 Å². The molecule has 0 atom stereocenters. The Kier molecular flexibility index (Phi) is 4.02. The van der Waals surface area contributed by atoms with E-state index in [-0.39, 0.29) is 23.7 Å². The number of halogens is 3. The third-order valence-electron chi connectivity index (χ3n) is 4.88. The molecule has 5 nitrogen and oxygen atoms in total. The molecule has 0 bridgehead atoms. The average Bonchev–Trinajstić information content (AvgIpc) is 3.38. The molecule has 0 N–H and O–H groups in total. The molecule has 4 aromatic rings. The van der Waals surface area contributed by atoms with Gasteiger partial charge in [-0.25, -0.2) is 0 Å². The molecule has 1 aliphatic rings. The van der Waals surface area contributed by atoms with E-state index >= 15 is 0 Å². The van der Waals surface area contributed by atoms with Gasteiger partial charge >= 0.3 is 6.18 Å². The van der Waals surface area contributed by atoms with Gasteiger partial charge in [0.2, 0.25) is 0 Å². The van der Waals surface area contributed by atoms with Crippen LogP contribution in [0.4, 0.5) is 13.2 Å². The van der Waals surface area contributed by atoms with Crippen LogP contribution in [-0.4, -0.2) is 10.3 Å². The van der Waals surface area contributed by atoms with Crippen LogP contribution in [0.1, 0.15) is 16.7 Å². The standard InChI is InChI=1S/C22H13F3N2O3/c1-2-12-8-9-14-16(10-12)28-11-15-18(14)26-30-21(15)19-17(22(23,24)25)20(29-27-19)13-6-4-3-5-7-13/h2-10H,1,11H2. The van der Waals surface area contributed by atoms with Gasteiger partial charge < -0.3 is 13.8 Å². The zero-order valence-electron chi connectivity index (χ0n) is 15.4. The number of hydrogen-bond donors (Lipinski definition) is 0. The van der Waals surface area contributed by atoms with Crippen LogP contribution in [0.15, 0.2) is 64.2 Å². The maximum atomic E-state index is 14.0. The number of benzene rings is 2. The summed E-state index contributed by atoms with van der Waals surface area (Å²) in [6, 6.07) is 13.3. The second-order valence-corrected chi connectivity index (χ2v) is 6.69. The van der Waals surface area contributed by atoms with Crippen molar-refractivity contribution in [3.63, 3.8) is 0 Å². The van der Waals surface area contributed by atoms with Gasteiger partial charge in [0, 0.05) is 11.1 Å². The zero-order valence-corrected chi connectivity index (χ0v) is 15.4. The summed E-state index contributed by atoms with van der Waals surface area (Å²) >= 11 is 0. The SMILES string of the molecule is C=Cc1ccc2c(c1)OCc1c-2noc1-c1noc(-c2ccccc2)c1C(F)(F)F. The first kappa shape index (κ1) is 18.2. The summed E-state index contributed by atoms with van der Waals surface area (Å²) in [5, 5.41) is 7.70. The molecule has 0 unspecified atom stereocenters. The van der Waals surface area contributed by atoms with E-state index < -0.39 is 17.4 Å². The molecule has 3 heterocycles. The predicted octanol–water partition coefficient (Wildman–Crippen LogP) is 6.22. The lowest BCUT2D eigenvalue weighted by molar-refractivity contribution is -0.136. The minimum atomic E-state index is -4.72. The highest BCUT2D eigenvalue weighted by atomic mass is 19.4. The van der Waals surface area contributed by atoms with Gasteiger partial charge in [0.1, 0.15) is 23.6 Å². The Morgan fingerprint density at radius 1 is 0.933 bits per heavy atom. The summed E-state index contributed by atoms with van der Waals surface area (Å²) in [7, 11) is 0. The van der Waals surface area contributed by atoms with Crippen molar-refractivity contribution in [1.29, 1.82) is 0 Å². The van der Waals surface area contributed by atoms with Crippen molar-refractivity contribution in [3.05, 3.63) is 71.8 Å². The van der Waals surface area contributed by atoms with E-state index in [0.717, 1.165) is 5.56 Å². The fourth-order valence-corrected chi connectivity index (χ4v) is 3.47. The molecular weight excluding hydrogens is 397 g/mol. The summed E-state index contributed by atoms with van der Waals surface area (Å²) in [5.41, 5.74) is 1.06. The minimum absolute atomic E-state index is 0.00735. The maximum absolute atomic E-state index is 14.0. The van der Waals surface area contributed by atoms with Crippen molar-refractivity contribution < 1.29 is 27.0 Å². The molecule has 5 rings (SSSR count). The molecule has 0 amide bonds. The Balaban J connectivity index is 1.68. The number of hydrogen-bond acceptors (Lipinski definition) is 5. The maximum Gasteiger partial charge on any atom is 0.422 e. The van der Waals surface area contributed by atoms with Crippen LogP contribution in [0.2, 0.25) is 0 Å². The molecule has 0 aliphatic carbocycles. The zero-order chi connectivity index (χ0) is 20.9. The Bertz CT molecular complexity index is 1260. The van der Waals surface area contributed by atoms with E-state index in [1.54, 1.807) is 36.4 Å². The van der Waals surface area contributed by atoms with Gasteiger partial charge in [-0.1, -0.05) is 59.4 Å². The van der Waals surface area contributed by atoms with Crippen molar-refractivity contribution in [3.8, 4) is 39.8 Å². The molecule has 150 valence electrons. The summed E-state index contributed by atoms with van der Waals surface area (Å²) < 4.78 is 58.1. The first-order chi connectivity index (χ1) is 14.5. The quantitative estimate of drug-likeness (QED) is 0.401. The smallest absolute Gasteiger partial charge is 0.422 e. The van der Waals surface area contributed by atoms with Crippen LogP contribution >= 0.6 is 0 Å². The van der Waals surface area contributed by atoms with E-state index in [0.29, 0.717) is 22.6 Å². The Morgan fingerprint density at radius 3 is 2.40 bits per heavy atom. The van der Waals surface area contributed by atoms with Crippen molar-refractivity contribution >= 4 is 6.08 Å². The number of fused-ring (bicyclic) bond motifs is 3. The molecular formula is C22H13F3N2O3. The van der Waals surface area contributed by atoms with E-state index in [9.17, 15) is 13.2 Å². The van der Waals surface area contributed by atoms with Crippen LogP contribution in [0, 0.1) is 0 Å². The highest BCUT2D eigenvalue weighted by Crippen LogP contribution is 2.47. The third-order valence-corrected chi connectivity index (χ3v) is 4.88. The molecule has 0 saturated heterocycles. The van der Waals surface area contributed by atoms with Gasteiger partial charge in [0.05, 0.1) is 5.56 Å². The molecule has 0 radical (unpaired) electrons. The number of ether oxygens (including phenoxy) is 1. The Labute approximate surface area is 168 Å². The lowest BCUT2D eigenvalue weighted by Gasteiger charge is -2.17. The number of alkyl halides is 3. The fourth-order valence-electron chi connectivity index (χ4n) is 3.47. The van der Waals surface area contributed by atoms with Crippen molar-refractivity contribution in [2.24, 2.45) is 0 Å². The molecule has 0 fully saturated rings. The number of rotatable bonds is 3. The normalized spacial score (nSPS) is 12.8. The van der Waals surface area contributed by atoms with Gasteiger partial charge in [-0.2, -0.15) is 13.2 Å². The first-order valence-corrected chi connectivity index (χ1v) is 8.98. The van der Waals surface area contributed by atoms with Crippen LogP contribution in [-0.2, 0) is 12.8 Å². The summed E-state index contributed by atoms with van der Waals surface area (Å²) in [6.45, 7) is 3.71. The van der Waals surface area contributed by atoms with Gasteiger partial charge in [-0.15, -0.1) is 0 Å². The van der Waals surface area contributed by atoms with E-state index in [1.165, 1.54) is 12.1 Å². The molecule has 0 saturated carbocycles. The van der Waals surface area contributed by atoms with Crippen LogP contribution in [0.25, 0.3) is 40.1 Å². The molecule has 30 heavy (non-hydrogen) atoms. The third kappa shape index (κ3) is 2.80. The molecule has 8 heteroatoms. The topological polar surface area (TPSA) is 61.3 Å². The van der Waals surface area contributed by atoms with Crippen LogP contribution in [0.3, 0.4) is 0 Å². The van der Waals surface area contributed by atoms with Gasteiger partial charge in [-0.05, 0) is 17.7 Å². The van der Waals surface area contributed by atoms with Crippen molar-refractivity contribution in [1.82, 2.24) is 10.3 Å². The number of nitrogens with zero attached hydrogens (tertiary/aromatic N) is 2. The molecule has 1 aliphatic heterocycles. The lowest BCUT2D eigenvalue weighted by atomic mass is 9.98. The monoisotopic (exact) mass is 410 g/mol. The fraction of sp³-hybridized carbons (Fsp3) is 0.0909. The molecule has 0 spiro atoms. The summed E-state index contributed by atoms with van der Waals surface area (Å²) in [5.74, 6) is 0.0543. The Hall–Kier alpha value is -3.81. The van der Waals surface area contributed by atoms with Gasteiger partial charge in [0.15, 0.2) is 17.2 Å². The summed E-state index contributed by atoms with van der Waals surface area (Å²) in [6.07, 6.45) is -3.05. The van der Waals surface area contributed by atoms with E-state index in [2.05, 4.69) is 16.9 Å². The first-order valence-electron chi connectivity index (χ1n) is 8.98. The molecule has 2 aromatic carbocycles. The highest BCUT2D eigenvalue weighted by molar-refractivity contribution is 5.80. The van der Waals surface area contributed by atoms with Crippen LogP contribution in [0.5, 0.6) is 5.75 Å².